The Hall–Kier alpha value is -2.82. The Labute approximate surface area is 148 Å². The predicted octanol–water partition coefficient (Wildman–Crippen LogP) is 3.59. The van der Waals surface area contributed by atoms with Crippen LogP contribution in [0.5, 0.6) is 11.5 Å². The van der Waals surface area contributed by atoms with Crippen molar-refractivity contribution in [3.63, 3.8) is 0 Å². The maximum Gasteiger partial charge on any atom is 0.173 e. The molecule has 0 aliphatic heterocycles. The number of carbonyl (C=O) groups excluding carboxylic acids is 1. The lowest BCUT2D eigenvalue weighted by molar-refractivity contribution is -0.116. The number of ketones is 1. The number of Topliss-reactive ketones (excluding diaryl/α,β-unsaturated/α-hetero) is 1. The maximum absolute atomic E-state index is 12.1. The first-order valence-electron chi connectivity index (χ1n) is 8.29. The molecule has 0 aliphatic rings. The van der Waals surface area contributed by atoms with E-state index in [9.17, 15) is 15.0 Å². The molecule has 5 nitrogen and oxygen atoms in total. The van der Waals surface area contributed by atoms with Gasteiger partial charge in [-0.25, -0.2) is 0 Å². The number of hydrogen-bond acceptors (Lipinski definition) is 5. The van der Waals surface area contributed by atoms with Crippen LogP contribution in [-0.4, -0.2) is 34.8 Å². The summed E-state index contributed by atoms with van der Waals surface area (Å²) in [6.07, 6.45) is 0.580. The molecule has 0 aromatic heterocycles. The van der Waals surface area contributed by atoms with Crippen LogP contribution in [0.25, 0.3) is 0 Å². The van der Waals surface area contributed by atoms with Gasteiger partial charge in [0.05, 0.1) is 13.1 Å². The number of nitrogens with zero attached hydrogens (tertiary/aromatic N) is 1. The van der Waals surface area contributed by atoms with Crippen molar-refractivity contribution in [1.29, 1.82) is 0 Å². The summed E-state index contributed by atoms with van der Waals surface area (Å²) in [5, 5.41) is 22.9. The van der Waals surface area contributed by atoms with Crippen LogP contribution >= 0.6 is 0 Å². The molecule has 132 valence electrons. The fourth-order valence-corrected chi connectivity index (χ4v) is 2.50. The molecular formula is C20H24N2O3. The monoisotopic (exact) mass is 340 g/mol. The normalized spacial score (nSPS) is 11.4. The SMILES string of the molecule is CCC(=NCC(=O)CNc1cccc(C)c1)c1ccc(O)c(C)c1O. The first-order chi connectivity index (χ1) is 11.9. The number of phenolic OH excluding ortho intramolecular Hbond substituents is 2. The first kappa shape index (κ1) is 18.5. The zero-order valence-corrected chi connectivity index (χ0v) is 14.8. The highest BCUT2D eigenvalue weighted by Gasteiger charge is 2.13. The third-order valence-electron chi connectivity index (χ3n) is 4.00. The summed E-state index contributed by atoms with van der Waals surface area (Å²) in [5.74, 6) is 0.00325. The molecule has 0 atom stereocenters. The van der Waals surface area contributed by atoms with Crippen LogP contribution in [0, 0.1) is 13.8 Å². The molecule has 0 radical (unpaired) electrons. The molecule has 0 bridgehead atoms. The van der Waals surface area contributed by atoms with Gasteiger partial charge in [0.15, 0.2) is 5.78 Å². The molecule has 5 heteroatoms. The van der Waals surface area contributed by atoms with Gasteiger partial charge in [-0.15, -0.1) is 0 Å². The highest BCUT2D eigenvalue weighted by Crippen LogP contribution is 2.30. The van der Waals surface area contributed by atoms with E-state index in [0.29, 0.717) is 23.3 Å². The molecule has 0 aliphatic carbocycles. The summed E-state index contributed by atoms with van der Waals surface area (Å²) in [4.78, 5) is 16.4. The topological polar surface area (TPSA) is 81.9 Å². The van der Waals surface area contributed by atoms with Crippen molar-refractivity contribution in [2.75, 3.05) is 18.4 Å². The Balaban J connectivity index is 2.03. The third kappa shape index (κ3) is 4.83. The number of aliphatic imine (C=N–C) groups is 1. The molecule has 3 N–H and O–H groups in total. The quantitative estimate of drug-likeness (QED) is 0.673. The lowest BCUT2D eigenvalue weighted by Crippen LogP contribution is -2.17. The van der Waals surface area contributed by atoms with Gasteiger partial charge in [-0.05, 0) is 50.1 Å². The summed E-state index contributed by atoms with van der Waals surface area (Å²) >= 11 is 0. The Kier molecular flexibility index (Phi) is 6.17. The zero-order chi connectivity index (χ0) is 18.4. The van der Waals surface area contributed by atoms with Crippen molar-refractivity contribution in [1.82, 2.24) is 0 Å². The minimum Gasteiger partial charge on any atom is -0.508 e. The molecule has 0 heterocycles. The molecule has 0 unspecified atom stereocenters. The average molecular weight is 340 g/mol. The van der Waals surface area contributed by atoms with Crippen LogP contribution in [0.15, 0.2) is 41.4 Å². The van der Waals surface area contributed by atoms with Gasteiger partial charge in [-0.1, -0.05) is 19.1 Å². The standard InChI is InChI=1S/C20H24N2O3/c1-4-18(17-8-9-19(24)14(3)20(17)25)22-12-16(23)11-21-15-7-5-6-13(2)10-15/h5-10,21,24-25H,4,11-12H2,1-3H3. The Morgan fingerprint density at radius 3 is 2.60 bits per heavy atom. The third-order valence-corrected chi connectivity index (χ3v) is 4.00. The van der Waals surface area contributed by atoms with E-state index in [4.69, 9.17) is 0 Å². The summed E-state index contributed by atoms with van der Waals surface area (Å²) in [6, 6.07) is 11.0. The second-order valence-corrected chi connectivity index (χ2v) is 5.98. The average Bonchev–Trinajstić information content (AvgIpc) is 2.60. The van der Waals surface area contributed by atoms with E-state index < -0.39 is 0 Å². The van der Waals surface area contributed by atoms with Crippen LogP contribution in [0.2, 0.25) is 0 Å². The van der Waals surface area contributed by atoms with Crippen LogP contribution < -0.4 is 5.32 Å². The van der Waals surface area contributed by atoms with E-state index in [1.54, 1.807) is 13.0 Å². The van der Waals surface area contributed by atoms with Gasteiger partial charge in [0.2, 0.25) is 0 Å². The number of benzene rings is 2. The summed E-state index contributed by atoms with van der Waals surface area (Å²) in [7, 11) is 0. The fraction of sp³-hybridized carbons (Fsp3) is 0.300. The van der Waals surface area contributed by atoms with Crippen LogP contribution in [0.4, 0.5) is 5.69 Å². The van der Waals surface area contributed by atoms with Gasteiger partial charge in [0, 0.05) is 22.5 Å². The van der Waals surface area contributed by atoms with Crippen molar-refractivity contribution in [2.24, 2.45) is 4.99 Å². The molecule has 0 fully saturated rings. The first-order valence-corrected chi connectivity index (χ1v) is 8.29. The molecule has 2 aromatic carbocycles. The number of nitrogens with one attached hydrogen (secondary N) is 1. The molecule has 2 rings (SSSR count). The molecule has 0 saturated carbocycles. The minimum atomic E-state index is -0.0394. The molecule has 2 aromatic rings. The zero-order valence-electron chi connectivity index (χ0n) is 14.8. The van der Waals surface area contributed by atoms with Crippen molar-refractivity contribution < 1.29 is 15.0 Å². The van der Waals surface area contributed by atoms with Crippen molar-refractivity contribution in [3.8, 4) is 11.5 Å². The van der Waals surface area contributed by atoms with E-state index >= 15 is 0 Å². The number of rotatable bonds is 7. The number of phenols is 2. The highest BCUT2D eigenvalue weighted by molar-refractivity contribution is 6.04. The molecule has 0 spiro atoms. The van der Waals surface area contributed by atoms with Gasteiger partial charge in [-0.3, -0.25) is 9.79 Å². The minimum absolute atomic E-state index is 0.00550. The van der Waals surface area contributed by atoms with Crippen LogP contribution in [-0.2, 0) is 4.79 Å². The summed E-state index contributed by atoms with van der Waals surface area (Å²) in [5.41, 5.74) is 3.63. The summed E-state index contributed by atoms with van der Waals surface area (Å²) in [6.45, 7) is 5.79. The lowest BCUT2D eigenvalue weighted by Gasteiger charge is -2.10. The van der Waals surface area contributed by atoms with E-state index in [-0.39, 0.29) is 30.4 Å². The molecule has 0 saturated heterocycles. The van der Waals surface area contributed by atoms with Crippen LogP contribution in [0.3, 0.4) is 0 Å². The maximum atomic E-state index is 12.1. The van der Waals surface area contributed by atoms with E-state index in [1.165, 1.54) is 6.07 Å². The van der Waals surface area contributed by atoms with Gasteiger partial charge in [0.25, 0.3) is 0 Å². The Morgan fingerprint density at radius 1 is 1.16 bits per heavy atom. The number of aryl methyl sites for hydroxylation is 1. The van der Waals surface area contributed by atoms with E-state index in [0.717, 1.165) is 11.3 Å². The number of carbonyl (C=O) groups is 1. The van der Waals surface area contributed by atoms with Crippen molar-refractivity contribution >= 4 is 17.2 Å². The number of aromatic hydroxyl groups is 2. The largest absolute Gasteiger partial charge is 0.508 e. The van der Waals surface area contributed by atoms with Gasteiger partial charge in [0.1, 0.15) is 11.5 Å². The number of anilines is 1. The fourth-order valence-electron chi connectivity index (χ4n) is 2.50. The number of hydrogen-bond donors (Lipinski definition) is 3. The summed E-state index contributed by atoms with van der Waals surface area (Å²) < 4.78 is 0. The van der Waals surface area contributed by atoms with E-state index in [1.807, 2.05) is 38.1 Å². The molecule has 25 heavy (non-hydrogen) atoms. The second-order valence-electron chi connectivity index (χ2n) is 5.98. The van der Waals surface area contributed by atoms with Crippen molar-refractivity contribution in [2.45, 2.75) is 27.2 Å². The van der Waals surface area contributed by atoms with Gasteiger partial charge < -0.3 is 15.5 Å². The Bertz CT molecular complexity index is 798. The Morgan fingerprint density at radius 2 is 1.92 bits per heavy atom. The smallest absolute Gasteiger partial charge is 0.173 e. The van der Waals surface area contributed by atoms with Crippen LogP contribution in [0.1, 0.15) is 30.0 Å². The lowest BCUT2D eigenvalue weighted by atomic mass is 10.0. The van der Waals surface area contributed by atoms with Gasteiger partial charge >= 0.3 is 0 Å². The highest BCUT2D eigenvalue weighted by atomic mass is 16.3. The van der Waals surface area contributed by atoms with Crippen molar-refractivity contribution in [3.05, 3.63) is 53.1 Å². The molecular weight excluding hydrogens is 316 g/mol. The van der Waals surface area contributed by atoms with Gasteiger partial charge in [-0.2, -0.15) is 0 Å². The second kappa shape index (κ2) is 8.33. The molecule has 0 amide bonds. The van der Waals surface area contributed by atoms with E-state index in [2.05, 4.69) is 10.3 Å². The predicted molar refractivity (Wildman–Crippen MR) is 101 cm³/mol.